The van der Waals surface area contributed by atoms with Crippen LogP contribution in [-0.2, 0) is 13.1 Å². The van der Waals surface area contributed by atoms with Crippen molar-refractivity contribution in [3.63, 3.8) is 0 Å². The number of rotatable bonds is 2. The molecule has 0 fully saturated rings. The van der Waals surface area contributed by atoms with E-state index in [-0.39, 0.29) is 18.1 Å². The number of nitrogens with one attached hydrogen (secondary N) is 1. The highest BCUT2D eigenvalue weighted by Crippen LogP contribution is 2.27. The van der Waals surface area contributed by atoms with Crippen molar-refractivity contribution in [2.75, 3.05) is 6.54 Å². The van der Waals surface area contributed by atoms with Gasteiger partial charge < -0.3 is 16.0 Å². The molecular weight excluding hydrogens is 320 g/mol. The standard InChI is InChI=1S/C17H22N6O2/c1-17(2,3)20-16(25)22-7-8-23-12(10-22)13(15(18)24)14(21-23)11-5-4-6-19-9-11/h4-6,9H,7-8,10H2,1-3H3,(H2,18,24)(H,20,25). The lowest BCUT2D eigenvalue weighted by molar-refractivity contribution is 0.0997. The van der Waals surface area contributed by atoms with Crippen LogP contribution >= 0.6 is 0 Å². The van der Waals surface area contributed by atoms with Crippen molar-refractivity contribution < 1.29 is 9.59 Å². The molecule has 0 spiro atoms. The lowest BCUT2D eigenvalue weighted by atomic mass is 10.1. The van der Waals surface area contributed by atoms with Gasteiger partial charge in [-0.2, -0.15) is 5.10 Å². The van der Waals surface area contributed by atoms with Crippen LogP contribution in [0.2, 0.25) is 0 Å². The van der Waals surface area contributed by atoms with Gasteiger partial charge in [0, 0.05) is 30.0 Å². The van der Waals surface area contributed by atoms with Gasteiger partial charge >= 0.3 is 6.03 Å². The maximum absolute atomic E-state index is 12.4. The molecule has 0 bridgehead atoms. The highest BCUT2D eigenvalue weighted by Gasteiger charge is 2.30. The van der Waals surface area contributed by atoms with Gasteiger partial charge in [0.15, 0.2) is 0 Å². The first-order valence-electron chi connectivity index (χ1n) is 8.13. The first-order chi connectivity index (χ1) is 11.8. The van der Waals surface area contributed by atoms with E-state index in [4.69, 9.17) is 5.73 Å². The molecule has 25 heavy (non-hydrogen) atoms. The van der Waals surface area contributed by atoms with Gasteiger partial charge in [0.1, 0.15) is 5.69 Å². The van der Waals surface area contributed by atoms with Crippen LogP contribution in [0.15, 0.2) is 24.5 Å². The Morgan fingerprint density at radius 2 is 2.04 bits per heavy atom. The molecular formula is C17H22N6O2. The summed E-state index contributed by atoms with van der Waals surface area (Å²) in [5.41, 5.74) is 7.52. The fraction of sp³-hybridized carbons (Fsp3) is 0.412. The van der Waals surface area contributed by atoms with Crippen molar-refractivity contribution in [1.29, 1.82) is 0 Å². The van der Waals surface area contributed by atoms with Gasteiger partial charge in [-0.05, 0) is 32.9 Å². The number of carbonyl (C=O) groups is 2. The summed E-state index contributed by atoms with van der Waals surface area (Å²) in [7, 11) is 0. The number of amides is 3. The number of pyridine rings is 1. The van der Waals surface area contributed by atoms with Crippen LogP contribution in [0.4, 0.5) is 4.79 Å². The monoisotopic (exact) mass is 342 g/mol. The lowest BCUT2D eigenvalue weighted by Gasteiger charge is -2.31. The number of carbonyl (C=O) groups excluding carboxylic acids is 2. The van der Waals surface area contributed by atoms with Crippen molar-refractivity contribution in [2.45, 2.75) is 39.4 Å². The third kappa shape index (κ3) is 3.47. The number of aromatic nitrogens is 3. The molecule has 3 rings (SSSR count). The Balaban J connectivity index is 1.95. The molecule has 0 saturated carbocycles. The van der Waals surface area contributed by atoms with Gasteiger partial charge in [0.2, 0.25) is 0 Å². The fourth-order valence-corrected chi connectivity index (χ4v) is 2.85. The highest BCUT2D eigenvalue weighted by molar-refractivity contribution is 6.00. The second-order valence-corrected chi connectivity index (χ2v) is 7.10. The molecule has 2 aromatic heterocycles. The average Bonchev–Trinajstić information content (AvgIpc) is 2.92. The predicted octanol–water partition coefficient (Wildman–Crippen LogP) is 1.37. The number of primary amides is 1. The molecule has 8 heteroatoms. The largest absolute Gasteiger partial charge is 0.365 e. The number of fused-ring (bicyclic) bond motifs is 1. The number of nitrogens with two attached hydrogens (primary N) is 1. The topological polar surface area (TPSA) is 106 Å². The Hall–Kier alpha value is -2.90. The normalized spacial score (nSPS) is 14.1. The molecule has 1 aliphatic rings. The first-order valence-corrected chi connectivity index (χ1v) is 8.13. The Bertz CT molecular complexity index is 807. The van der Waals surface area contributed by atoms with Gasteiger partial charge in [-0.1, -0.05) is 0 Å². The van der Waals surface area contributed by atoms with E-state index in [0.29, 0.717) is 30.0 Å². The highest BCUT2D eigenvalue weighted by atomic mass is 16.2. The molecule has 3 amide bonds. The summed E-state index contributed by atoms with van der Waals surface area (Å²) >= 11 is 0. The molecule has 1 aliphatic heterocycles. The number of nitrogens with zero attached hydrogens (tertiary/aromatic N) is 4. The van der Waals surface area contributed by atoms with Crippen LogP contribution in [-0.4, -0.2) is 43.7 Å². The second-order valence-electron chi connectivity index (χ2n) is 7.10. The van der Waals surface area contributed by atoms with Gasteiger partial charge in [-0.15, -0.1) is 0 Å². The summed E-state index contributed by atoms with van der Waals surface area (Å²) < 4.78 is 1.75. The van der Waals surface area contributed by atoms with Crippen LogP contribution in [0.5, 0.6) is 0 Å². The van der Waals surface area contributed by atoms with Crippen molar-refractivity contribution >= 4 is 11.9 Å². The van der Waals surface area contributed by atoms with E-state index < -0.39 is 5.91 Å². The molecule has 132 valence electrons. The minimum atomic E-state index is -0.557. The maximum atomic E-state index is 12.4. The third-order valence-electron chi connectivity index (χ3n) is 3.93. The average molecular weight is 342 g/mol. The van der Waals surface area contributed by atoms with Crippen LogP contribution < -0.4 is 11.1 Å². The zero-order valence-corrected chi connectivity index (χ0v) is 14.6. The molecule has 0 aromatic carbocycles. The summed E-state index contributed by atoms with van der Waals surface area (Å²) in [6.07, 6.45) is 3.30. The number of hydrogen-bond acceptors (Lipinski definition) is 4. The zero-order chi connectivity index (χ0) is 18.2. The van der Waals surface area contributed by atoms with E-state index >= 15 is 0 Å². The summed E-state index contributed by atoms with van der Waals surface area (Å²) in [4.78, 5) is 30.2. The van der Waals surface area contributed by atoms with Gasteiger partial charge in [0.05, 0.1) is 24.3 Å². The molecule has 2 aromatic rings. The maximum Gasteiger partial charge on any atom is 0.318 e. The molecule has 0 aliphatic carbocycles. The minimum absolute atomic E-state index is 0.168. The van der Waals surface area contributed by atoms with Gasteiger partial charge in [-0.25, -0.2) is 4.79 Å². The second kappa shape index (κ2) is 6.19. The van der Waals surface area contributed by atoms with Gasteiger partial charge in [0.25, 0.3) is 5.91 Å². The molecule has 0 radical (unpaired) electrons. The van der Waals surface area contributed by atoms with E-state index in [9.17, 15) is 9.59 Å². The third-order valence-corrected chi connectivity index (χ3v) is 3.93. The van der Waals surface area contributed by atoms with Crippen molar-refractivity contribution in [2.24, 2.45) is 5.73 Å². The van der Waals surface area contributed by atoms with Crippen molar-refractivity contribution in [1.82, 2.24) is 25.0 Å². The Kier molecular flexibility index (Phi) is 4.20. The van der Waals surface area contributed by atoms with Crippen LogP contribution in [0.3, 0.4) is 0 Å². The molecule has 0 saturated heterocycles. The Morgan fingerprint density at radius 3 is 2.64 bits per heavy atom. The van der Waals surface area contributed by atoms with Crippen molar-refractivity contribution in [3.05, 3.63) is 35.8 Å². The fourth-order valence-electron chi connectivity index (χ4n) is 2.85. The van der Waals surface area contributed by atoms with E-state index in [2.05, 4.69) is 15.4 Å². The first kappa shape index (κ1) is 16.9. The lowest BCUT2D eigenvalue weighted by Crippen LogP contribution is -2.50. The van der Waals surface area contributed by atoms with E-state index in [1.807, 2.05) is 26.8 Å². The van der Waals surface area contributed by atoms with Crippen LogP contribution in [0, 0.1) is 0 Å². The van der Waals surface area contributed by atoms with Gasteiger partial charge in [-0.3, -0.25) is 14.5 Å². The molecule has 0 unspecified atom stereocenters. The zero-order valence-electron chi connectivity index (χ0n) is 14.6. The SMILES string of the molecule is CC(C)(C)NC(=O)N1CCn2nc(-c3cccnc3)c(C(N)=O)c2C1. The molecule has 0 atom stereocenters. The molecule has 3 N–H and O–H groups in total. The molecule has 3 heterocycles. The van der Waals surface area contributed by atoms with Crippen LogP contribution in [0.25, 0.3) is 11.3 Å². The Morgan fingerprint density at radius 1 is 1.28 bits per heavy atom. The van der Waals surface area contributed by atoms with E-state index in [0.717, 1.165) is 5.56 Å². The molecule has 8 nitrogen and oxygen atoms in total. The summed E-state index contributed by atoms with van der Waals surface area (Å²) in [6.45, 7) is 7.08. The smallest absolute Gasteiger partial charge is 0.318 e. The van der Waals surface area contributed by atoms with Crippen LogP contribution in [0.1, 0.15) is 36.8 Å². The van der Waals surface area contributed by atoms with Crippen molar-refractivity contribution in [3.8, 4) is 11.3 Å². The quantitative estimate of drug-likeness (QED) is 0.859. The summed E-state index contributed by atoms with van der Waals surface area (Å²) in [6, 6.07) is 3.44. The minimum Gasteiger partial charge on any atom is -0.365 e. The summed E-state index contributed by atoms with van der Waals surface area (Å²) in [5.74, 6) is -0.557. The Labute approximate surface area is 146 Å². The van der Waals surface area contributed by atoms with E-state index in [1.165, 1.54) is 0 Å². The number of hydrogen-bond donors (Lipinski definition) is 2. The van der Waals surface area contributed by atoms with E-state index in [1.54, 1.807) is 28.0 Å². The predicted molar refractivity (Wildman–Crippen MR) is 92.7 cm³/mol. The number of urea groups is 1. The summed E-state index contributed by atoms with van der Waals surface area (Å²) in [5, 5.41) is 7.47.